The van der Waals surface area contributed by atoms with Gasteiger partial charge in [-0.05, 0) is 38.0 Å². The average Bonchev–Trinajstić information content (AvgIpc) is 2.36. The van der Waals surface area contributed by atoms with Crippen LogP contribution < -0.4 is 10.6 Å². The third-order valence-electron chi connectivity index (χ3n) is 2.79. The number of hydrogen-bond acceptors (Lipinski definition) is 3. The van der Waals surface area contributed by atoms with Gasteiger partial charge < -0.3 is 10.6 Å². The molecule has 1 heterocycles. The number of pyridine rings is 1. The quantitative estimate of drug-likeness (QED) is 0.788. The van der Waals surface area contributed by atoms with Crippen molar-refractivity contribution in [2.45, 2.75) is 39.3 Å². The van der Waals surface area contributed by atoms with Crippen LogP contribution >= 0.6 is 0 Å². The molecule has 1 aromatic rings. The Balaban J connectivity index is 2.33. The second-order valence-electron chi connectivity index (χ2n) is 4.26. The van der Waals surface area contributed by atoms with Gasteiger partial charge >= 0.3 is 0 Å². The summed E-state index contributed by atoms with van der Waals surface area (Å²) in [5, 5.41) is 6.11. The molecule has 0 aliphatic carbocycles. The minimum absolute atomic E-state index is 0.0419. The highest BCUT2D eigenvalue weighted by Crippen LogP contribution is 2.09. The van der Waals surface area contributed by atoms with Gasteiger partial charge in [-0.25, -0.2) is 0 Å². The molecule has 0 aliphatic heterocycles. The van der Waals surface area contributed by atoms with Crippen molar-refractivity contribution >= 4 is 5.91 Å². The van der Waals surface area contributed by atoms with Crippen molar-refractivity contribution in [3.63, 3.8) is 0 Å². The first kappa shape index (κ1) is 13.6. The van der Waals surface area contributed by atoms with Gasteiger partial charge in [0.05, 0.1) is 6.54 Å². The molecule has 0 saturated heterocycles. The zero-order valence-corrected chi connectivity index (χ0v) is 10.7. The van der Waals surface area contributed by atoms with E-state index in [1.807, 2.05) is 26.0 Å². The first-order chi connectivity index (χ1) is 8.13. The Morgan fingerprint density at radius 3 is 2.59 bits per heavy atom. The molecule has 2 N–H and O–H groups in total. The van der Waals surface area contributed by atoms with Gasteiger partial charge in [0, 0.05) is 24.5 Å². The number of rotatable bonds is 6. The van der Waals surface area contributed by atoms with Crippen LogP contribution in [-0.2, 0) is 4.79 Å². The largest absolute Gasteiger partial charge is 0.353 e. The maximum absolute atomic E-state index is 11.6. The summed E-state index contributed by atoms with van der Waals surface area (Å²) in [4.78, 5) is 15.5. The summed E-state index contributed by atoms with van der Waals surface area (Å²) in [5.41, 5.74) is 1.14. The van der Waals surface area contributed by atoms with Gasteiger partial charge in [-0.3, -0.25) is 9.78 Å². The lowest BCUT2D eigenvalue weighted by Crippen LogP contribution is -2.39. The summed E-state index contributed by atoms with van der Waals surface area (Å²) in [5.74, 6) is 0.0419. The van der Waals surface area contributed by atoms with Crippen LogP contribution in [0.3, 0.4) is 0 Å². The molecule has 94 valence electrons. The number of aromatic nitrogens is 1. The maximum atomic E-state index is 11.6. The summed E-state index contributed by atoms with van der Waals surface area (Å²) in [6.45, 7) is 6.43. The Hall–Kier alpha value is -1.42. The summed E-state index contributed by atoms with van der Waals surface area (Å²) < 4.78 is 0. The van der Waals surface area contributed by atoms with Crippen LogP contribution in [0, 0.1) is 0 Å². The van der Waals surface area contributed by atoms with Gasteiger partial charge in [0.15, 0.2) is 0 Å². The highest BCUT2D eigenvalue weighted by Gasteiger charge is 2.08. The number of nitrogens with zero attached hydrogens (tertiary/aromatic N) is 1. The Morgan fingerprint density at radius 1 is 1.35 bits per heavy atom. The van der Waals surface area contributed by atoms with Crippen LogP contribution in [0.1, 0.15) is 38.8 Å². The van der Waals surface area contributed by atoms with Gasteiger partial charge in [-0.2, -0.15) is 0 Å². The molecule has 1 rings (SSSR count). The summed E-state index contributed by atoms with van der Waals surface area (Å²) >= 11 is 0. The van der Waals surface area contributed by atoms with E-state index in [1.54, 1.807) is 12.4 Å². The normalized spacial score (nSPS) is 14.1. The average molecular weight is 235 g/mol. The van der Waals surface area contributed by atoms with Crippen molar-refractivity contribution in [1.29, 1.82) is 0 Å². The highest BCUT2D eigenvalue weighted by atomic mass is 16.1. The first-order valence-corrected chi connectivity index (χ1v) is 6.06. The molecule has 0 aliphatic rings. The minimum Gasteiger partial charge on any atom is -0.353 e. The number of amides is 1. The second kappa shape index (κ2) is 7.01. The lowest BCUT2D eigenvalue weighted by molar-refractivity contribution is -0.120. The van der Waals surface area contributed by atoms with E-state index >= 15 is 0 Å². The molecule has 4 heteroatoms. The molecule has 0 radical (unpaired) electrons. The SMILES string of the molecule is CCC(C)NC(=O)CNC(C)c1ccncc1. The summed E-state index contributed by atoms with van der Waals surface area (Å²) in [6.07, 6.45) is 4.46. The van der Waals surface area contributed by atoms with Crippen molar-refractivity contribution in [1.82, 2.24) is 15.6 Å². The van der Waals surface area contributed by atoms with E-state index in [0.717, 1.165) is 12.0 Å². The molecule has 2 unspecified atom stereocenters. The fourth-order valence-corrected chi connectivity index (χ4v) is 1.44. The Bertz CT molecular complexity index is 340. The number of carbonyl (C=O) groups is 1. The van der Waals surface area contributed by atoms with Crippen LogP contribution in [0.15, 0.2) is 24.5 Å². The zero-order chi connectivity index (χ0) is 12.7. The molecule has 1 amide bonds. The van der Waals surface area contributed by atoms with Crippen molar-refractivity contribution in [3.05, 3.63) is 30.1 Å². The number of carbonyl (C=O) groups excluding carboxylic acids is 1. The summed E-state index contributed by atoms with van der Waals surface area (Å²) in [6, 6.07) is 4.29. The zero-order valence-electron chi connectivity index (χ0n) is 10.7. The third-order valence-corrected chi connectivity index (χ3v) is 2.79. The maximum Gasteiger partial charge on any atom is 0.234 e. The highest BCUT2D eigenvalue weighted by molar-refractivity contribution is 5.78. The van der Waals surface area contributed by atoms with Gasteiger partial charge in [0.25, 0.3) is 0 Å². The van der Waals surface area contributed by atoms with E-state index in [2.05, 4.69) is 22.5 Å². The lowest BCUT2D eigenvalue weighted by atomic mass is 10.1. The molecule has 2 atom stereocenters. The lowest BCUT2D eigenvalue weighted by Gasteiger charge is -2.15. The molecule has 1 aromatic heterocycles. The molecular formula is C13H21N3O. The van der Waals surface area contributed by atoms with Crippen molar-refractivity contribution < 1.29 is 4.79 Å². The van der Waals surface area contributed by atoms with Crippen molar-refractivity contribution in [2.75, 3.05) is 6.54 Å². The molecule has 0 saturated carbocycles. The van der Waals surface area contributed by atoms with Gasteiger partial charge in [-0.15, -0.1) is 0 Å². The van der Waals surface area contributed by atoms with Gasteiger partial charge in [0.1, 0.15) is 0 Å². The molecule has 0 bridgehead atoms. The molecule has 4 nitrogen and oxygen atoms in total. The van der Waals surface area contributed by atoms with E-state index in [9.17, 15) is 4.79 Å². The smallest absolute Gasteiger partial charge is 0.234 e. The van der Waals surface area contributed by atoms with E-state index in [0.29, 0.717) is 6.54 Å². The standard InChI is InChI=1S/C13H21N3O/c1-4-10(2)16-13(17)9-15-11(3)12-5-7-14-8-6-12/h5-8,10-11,15H,4,9H2,1-3H3,(H,16,17). The fourth-order valence-electron chi connectivity index (χ4n) is 1.44. The predicted molar refractivity (Wildman–Crippen MR) is 68.6 cm³/mol. The summed E-state index contributed by atoms with van der Waals surface area (Å²) in [7, 11) is 0. The molecule has 0 aromatic carbocycles. The van der Waals surface area contributed by atoms with Crippen molar-refractivity contribution in [2.24, 2.45) is 0 Å². The predicted octanol–water partition coefficient (Wildman–Crippen LogP) is 1.65. The van der Waals surface area contributed by atoms with E-state index < -0.39 is 0 Å². The van der Waals surface area contributed by atoms with Crippen LogP contribution in [0.5, 0.6) is 0 Å². The Morgan fingerprint density at radius 2 is 2.00 bits per heavy atom. The third kappa shape index (κ3) is 4.95. The number of nitrogens with one attached hydrogen (secondary N) is 2. The van der Waals surface area contributed by atoms with Crippen molar-refractivity contribution in [3.8, 4) is 0 Å². The van der Waals surface area contributed by atoms with Gasteiger partial charge in [0.2, 0.25) is 5.91 Å². The Kier molecular flexibility index (Phi) is 5.63. The molecule has 17 heavy (non-hydrogen) atoms. The first-order valence-electron chi connectivity index (χ1n) is 6.06. The molecule has 0 spiro atoms. The van der Waals surface area contributed by atoms with Crippen LogP contribution in [0.4, 0.5) is 0 Å². The van der Waals surface area contributed by atoms with E-state index in [1.165, 1.54) is 0 Å². The Labute approximate surface area is 103 Å². The van der Waals surface area contributed by atoms with E-state index in [4.69, 9.17) is 0 Å². The van der Waals surface area contributed by atoms with Crippen LogP contribution in [0.25, 0.3) is 0 Å². The topological polar surface area (TPSA) is 54.0 Å². The monoisotopic (exact) mass is 235 g/mol. The minimum atomic E-state index is 0.0419. The van der Waals surface area contributed by atoms with Crippen LogP contribution in [0.2, 0.25) is 0 Å². The molecular weight excluding hydrogens is 214 g/mol. The fraction of sp³-hybridized carbons (Fsp3) is 0.538. The van der Waals surface area contributed by atoms with Gasteiger partial charge in [-0.1, -0.05) is 6.92 Å². The second-order valence-corrected chi connectivity index (χ2v) is 4.26. The number of hydrogen-bond donors (Lipinski definition) is 2. The van der Waals surface area contributed by atoms with E-state index in [-0.39, 0.29) is 18.0 Å². The molecule has 0 fully saturated rings. The van der Waals surface area contributed by atoms with Crippen LogP contribution in [-0.4, -0.2) is 23.5 Å².